The van der Waals surface area contributed by atoms with Gasteiger partial charge in [0.2, 0.25) is 0 Å². The molecule has 1 aliphatic carbocycles. The first-order valence-electron chi connectivity index (χ1n) is 9.14. The fourth-order valence-electron chi connectivity index (χ4n) is 3.29. The third-order valence-corrected chi connectivity index (χ3v) is 5.13. The highest BCUT2D eigenvalue weighted by Gasteiger charge is 2.29. The number of fused-ring (bicyclic) bond motifs is 1. The standard InChI is InChI=1S/C21H17ClN4O2/c22-16-7-4-8-17(19(16)13-9-10-13)28-12-15-11-18(27)26-21(23-15)24-20(25-26)14-5-2-1-3-6-14/h1-8,11,13H,9-10,12H2,(H,23,24,25). The van der Waals surface area contributed by atoms with Crippen molar-refractivity contribution in [1.29, 1.82) is 0 Å². The normalized spacial score (nSPS) is 13.8. The van der Waals surface area contributed by atoms with E-state index in [1.807, 2.05) is 48.5 Å². The zero-order chi connectivity index (χ0) is 19.1. The van der Waals surface area contributed by atoms with Gasteiger partial charge in [-0.2, -0.15) is 9.50 Å². The summed E-state index contributed by atoms with van der Waals surface area (Å²) in [4.78, 5) is 21.4. The van der Waals surface area contributed by atoms with Crippen LogP contribution in [0.3, 0.4) is 0 Å². The molecule has 0 radical (unpaired) electrons. The minimum absolute atomic E-state index is 0.180. The lowest BCUT2D eigenvalue weighted by Crippen LogP contribution is -2.16. The summed E-state index contributed by atoms with van der Waals surface area (Å²) in [6, 6.07) is 16.7. The predicted octanol–water partition coefficient (Wildman–Crippen LogP) is 4.19. The summed E-state index contributed by atoms with van der Waals surface area (Å²) in [6.45, 7) is 0.180. The highest BCUT2D eigenvalue weighted by molar-refractivity contribution is 6.31. The van der Waals surface area contributed by atoms with Crippen molar-refractivity contribution in [3.05, 3.63) is 81.2 Å². The van der Waals surface area contributed by atoms with Gasteiger partial charge >= 0.3 is 0 Å². The molecule has 1 aliphatic rings. The molecule has 0 amide bonds. The third kappa shape index (κ3) is 3.16. The smallest absolute Gasteiger partial charge is 0.274 e. The van der Waals surface area contributed by atoms with E-state index in [0.29, 0.717) is 23.2 Å². The number of ether oxygens (including phenoxy) is 1. The van der Waals surface area contributed by atoms with Crippen molar-refractivity contribution in [2.45, 2.75) is 25.4 Å². The Morgan fingerprint density at radius 3 is 2.71 bits per heavy atom. The van der Waals surface area contributed by atoms with E-state index in [0.717, 1.165) is 34.7 Å². The van der Waals surface area contributed by atoms with Crippen LogP contribution in [0.25, 0.3) is 17.2 Å². The number of H-pyrrole nitrogens is 1. The maximum Gasteiger partial charge on any atom is 0.274 e. The van der Waals surface area contributed by atoms with E-state index in [2.05, 4.69) is 15.1 Å². The topological polar surface area (TPSA) is 72.3 Å². The number of hydrogen-bond acceptors (Lipinski definition) is 4. The average Bonchev–Trinajstić information content (AvgIpc) is 3.44. The molecule has 2 aromatic heterocycles. The van der Waals surface area contributed by atoms with E-state index in [1.54, 1.807) is 0 Å². The van der Waals surface area contributed by atoms with Gasteiger partial charge in [-0.3, -0.25) is 9.89 Å². The fourth-order valence-corrected chi connectivity index (χ4v) is 3.61. The van der Waals surface area contributed by atoms with Crippen LogP contribution in [0.4, 0.5) is 0 Å². The molecule has 0 aliphatic heterocycles. The lowest BCUT2D eigenvalue weighted by molar-refractivity contribution is 0.298. The molecule has 5 rings (SSSR count). The van der Waals surface area contributed by atoms with Gasteiger partial charge in [0.05, 0.1) is 5.69 Å². The van der Waals surface area contributed by atoms with E-state index in [1.165, 1.54) is 10.6 Å². The van der Waals surface area contributed by atoms with Gasteiger partial charge in [0.15, 0.2) is 5.82 Å². The first-order valence-corrected chi connectivity index (χ1v) is 9.52. The van der Waals surface area contributed by atoms with Gasteiger partial charge in [-0.05, 0) is 30.9 Å². The van der Waals surface area contributed by atoms with Crippen LogP contribution in [0.15, 0.2) is 59.4 Å². The van der Waals surface area contributed by atoms with Crippen LogP contribution >= 0.6 is 11.6 Å². The van der Waals surface area contributed by atoms with Gasteiger partial charge in [-0.1, -0.05) is 48.0 Å². The van der Waals surface area contributed by atoms with Crippen LogP contribution in [0.5, 0.6) is 5.75 Å². The molecule has 7 heteroatoms. The van der Waals surface area contributed by atoms with E-state index >= 15 is 0 Å². The first-order chi connectivity index (χ1) is 13.7. The summed E-state index contributed by atoms with van der Waals surface area (Å²) >= 11 is 6.35. The molecule has 28 heavy (non-hydrogen) atoms. The Balaban J connectivity index is 1.44. The second-order valence-corrected chi connectivity index (χ2v) is 7.28. The Morgan fingerprint density at radius 1 is 1.11 bits per heavy atom. The molecule has 1 saturated carbocycles. The zero-order valence-corrected chi connectivity index (χ0v) is 15.7. The average molecular weight is 393 g/mol. The van der Waals surface area contributed by atoms with Crippen molar-refractivity contribution >= 4 is 17.4 Å². The Bertz CT molecular complexity index is 1210. The lowest BCUT2D eigenvalue weighted by Gasteiger charge is -2.12. The maximum atomic E-state index is 12.5. The second-order valence-electron chi connectivity index (χ2n) is 6.87. The summed E-state index contributed by atoms with van der Waals surface area (Å²) < 4.78 is 7.30. The number of benzene rings is 2. The molecule has 4 aromatic rings. The molecule has 6 nitrogen and oxygen atoms in total. The van der Waals surface area contributed by atoms with Gasteiger partial charge in [-0.25, -0.2) is 4.98 Å². The van der Waals surface area contributed by atoms with E-state index < -0.39 is 0 Å². The molecule has 0 atom stereocenters. The molecule has 1 N–H and O–H groups in total. The van der Waals surface area contributed by atoms with E-state index in [9.17, 15) is 4.79 Å². The van der Waals surface area contributed by atoms with Gasteiger partial charge in [0.25, 0.3) is 11.3 Å². The molecular weight excluding hydrogens is 376 g/mol. The lowest BCUT2D eigenvalue weighted by atomic mass is 10.1. The predicted molar refractivity (Wildman–Crippen MR) is 107 cm³/mol. The Hall–Kier alpha value is -3.12. The van der Waals surface area contributed by atoms with Crippen molar-refractivity contribution in [3.8, 4) is 17.1 Å². The van der Waals surface area contributed by atoms with Crippen LogP contribution in [0.1, 0.15) is 30.0 Å². The molecule has 2 aromatic carbocycles. The number of aromatic nitrogens is 4. The number of halogens is 1. The van der Waals surface area contributed by atoms with Gasteiger partial charge in [0.1, 0.15) is 12.4 Å². The number of aromatic amines is 1. The molecule has 0 unspecified atom stereocenters. The Morgan fingerprint density at radius 2 is 1.93 bits per heavy atom. The van der Waals surface area contributed by atoms with Crippen molar-refractivity contribution in [2.24, 2.45) is 0 Å². The molecule has 140 valence electrons. The number of nitrogens with zero attached hydrogens (tertiary/aromatic N) is 3. The summed E-state index contributed by atoms with van der Waals surface area (Å²) in [5.74, 6) is 2.13. The molecular formula is C21H17ClN4O2. The largest absolute Gasteiger partial charge is 0.487 e. The molecule has 2 heterocycles. The minimum atomic E-state index is -0.230. The van der Waals surface area contributed by atoms with Gasteiger partial charge in [0, 0.05) is 22.2 Å². The fraction of sp³-hybridized carbons (Fsp3) is 0.190. The number of rotatable bonds is 5. The van der Waals surface area contributed by atoms with Gasteiger partial charge < -0.3 is 4.74 Å². The summed E-state index contributed by atoms with van der Waals surface area (Å²) in [5, 5.41) is 3.72. The summed E-state index contributed by atoms with van der Waals surface area (Å²) in [7, 11) is 0. The molecule has 0 bridgehead atoms. The molecule has 0 spiro atoms. The number of nitrogens with one attached hydrogen (secondary N) is 1. The van der Waals surface area contributed by atoms with E-state index in [4.69, 9.17) is 16.3 Å². The van der Waals surface area contributed by atoms with Crippen molar-refractivity contribution in [3.63, 3.8) is 0 Å². The quantitative estimate of drug-likeness (QED) is 0.552. The second kappa shape index (κ2) is 6.80. The SMILES string of the molecule is O=c1cc(COc2cccc(Cl)c2C2CC2)nc2nc(-c3ccccc3)[nH]n12. The first kappa shape index (κ1) is 17.0. The van der Waals surface area contributed by atoms with Crippen molar-refractivity contribution in [1.82, 2.24) is 19.6 Å². The zero-order valence-electron chi connectivity index (χ0n) is 14.9. The van der Waals surface area contributed by atoms with E-state index in [-0.39, 0.29) is 12.2 Å². The van der Waals surface area contributed by atoms with Crippen LogP contribution in [0.2, 0.25) is 5.02 Å². The minimum Gasteiger partial charge on any atom is -0.487 e. The van der Waals surface area contributed by atoms with Crippen molar-refractivity contribution in [2.75, 3.05) is 0 Å². The highest BCUT2D eigenvalue weighted by atomic mass is 35.5. The maximum absolute atomic E-state index is 12.5. The van der Waals surface area contributed by atoms with Crippen LogP contribution in [-0.2, 0) is 6.61 Å². The Labute approximate surface area is 165 Å². The van der Waals surface area contributed by atoms with Crippen LogP contribution < -0.4 is 10.3 Å². The van der Waals surface area contributed by atoms with Gasteiger partial charge in [-0.15, -0.1) is 0 Å². The molecule has 1 fully saturated rings. The monoisotopic (exact) mass is 392 g/mol. The third-order valence-electron chi connectivity index (χ3n) is 4.80. The van der Waals surface area contributed by atoms with Crippen LogP contribution in [-0.4, -0.2) is 19.6 Å². The van der Waals surface area contributed by atoms with Crippen molar-refractivity contribution < 1.29 is 4.74 Å². The molecule has 0 saturated heterocycles. The Kier molecular flexibility index (Phi) is 4.13. The highest BCUT2D eigenvalue weighted by Crippen LogP contribution is 2.47. The number of hydrogen-bond donors (Lipinski definition) is 1. The summed E-state index contributed by atoms with van der Waals surface area (Å²) in [5.41, 5.74) is 2.23. The summed E-state index contributed by atoms with van der Waals surface area (Å²) in [6.07, 6.45) is 2.25. The van der Waals surface area contributed by atoms with Crippen LogP contribution in [0, 0.1) is 0 Å².